The highest BCUT2D eigenvalue weighted by molar-refractivity contribution is 6.29. The van der Waals surface area contributed by atoms with Gasteiger partial charge in [-0.3, -0.25) is 9.80 Å². The SMILES string of the molecule is COc1cc(N2CCN(CCC(COc3ccccc3)OC(=O)C(=O)OC(CCN3CCN(c4cc(OC)c(OC)c(OC)c4)CC3)COc3ccccc3)CC2)cc(OC)c1OC. The second-order valence-corrected chi connectivity index (χ2v) is 15.3. The fourth-order valence-electron chi connectivity index (χ4n) is 7.78. The molecule has 2 aliphatic heterocycles. The Kier molecular flexibility index (Phi) is 17.7. The standard InChI is InChI=1S/C48H62N4O12/c1-55-41-29-35(30-42(56-2)45(41)59-5)51-25-21-49(22-26-51)19-17-39(33-61-37-13-9-7-10-14-37)63-47(53)48(54)64-40(34-62-38-15-11-8-12-16-38)18-20-50-23-27-52(28-24-50)36-31-43(57-3)46(60-6)44(32-36)58-4/h7-16,29-32,39-40H,17-28,33-34H2,1-6H3. The average Bonchev–Trinajstić information content (AvgIpc) is 3.35. The molecule has 0 radical (unpaired) electrons. The summed E-state index contributed by atoms with van der Waals surface area (Å²) in [5, 5.41) is 0. The third-order valence-corrected chi connectivity index (χ3v) is 11.4. The van der Waals surface area contributed by atoms with E-state index < -0.39 is 24.1 Å². The van der Waals surface area contributed by atoms with Crippen LogP contribution in [-0.4, -0.2) is 155 Å². The van der Waals surface area contributed by atoms with Crippen LogP contribution in [0.15, 0.2) is 84.9 Å². The summed E-state index contributed by atoms with van der Waals surface area (Å²) in [5.74, 6) is 2.60. The first kappa shape index (κ1) is 47.2. The molecule has 4 aromatic carbocycles. The van der Waals surface area contributed by atoms with E-state index in [1.165, 1.54) is 0 Å². The molecule has 0 saturated carbocycles. The van der Waals surface area contributed by atoms with E-state index >= 15 is 0 Å². The summed E-state index contributed by atoms with van der Waals surface area (Å²) >= 11 is 0. The van der Waals surface area contributed by atoms with Gasteiger partial charge in [0, 0.05) is 114 Å². The van der Waals surface area contributed by atoms with E-state index in [2.05, 4.69) is 19.6 Å². The van der Waals surface area contributed by atoms with Gasteiger partial charge in [-0.15, -0.1) is 0 Å². The van der Waals surface area contributed by atoms with Gasteiger partial charge in [-0.2, -0.15) is 0 Å². The maximum Gasteiger partial charge on any atom is 0.417 e. The Hall–Kier alpha value is -6.26. The first-order valence-corrected chi connectivity index (χ1v) is 21.6. The first-order chi connectivity index (χ1) is 31.2. The molecule has 0 bridgehead atoms. The van der Waals surface area contributed by atoms with Gasteiger partial charge < -0.3 is 57.2 Å². The molecule has 0 spiro atoms. The van der Waals surface area contributed by atoms with E-state index in [4.69, 9.17) is 47.4 Å². The molecule has 346 valence electrons. The number of carbonyl (C=O) groups excluding carboxylic acids is 2. The first-order valence-electron chi connectivity index (χ1n) is 21.6. The molecule has 64 heavy (non-hydrogen) atoms. The number of ether oxygens (including phenoxy) is 10. The summed E-state index contributed by atoms with van der Waals surface area (Å²) in [6.07, 6.45) is -0.541. The van der Waals surface area contributed by atoms with Crippen LogP contribution in [0, 0.1) is 0 Å². The molecule has 2 fully saturated rings. The van der Waals surface area contributed by atoms with Crippen molar-refractivity contribution in [3.8, 4) is 46.0 Å². The number of carbonyl (C=O) groups is 2. The summed E-state index contributed by atoms with van der Waals surface area (Å²) < 4.78 is 57.1. The Labute approximate surface area is 376 Å². The zero-order valence-electron chi connectivity index (χ0n) is 37.8. The maximum atomic E-state index is 13.5. The van der Waals surface area contributed by atoms with Crippen LogP contribution < -0.4 is 47.7 Å². The number of nitrogens with zero attached hydrogens (tertiary/aromatic N) is 4. The quantitative estimate of drug-likeness (QED) is 0.0730. The Morgan fingerprint density at radius 1 is 0.469 bits per heavy atom. The van der Waals surface area contributed by atoms with Gasteiger partial charge in [0.2, 0.25) is 11.5 Å². The van der Waals surface area contributed by atoms with E-state index in [0.717, 1.165) is 63.7 Å². The topological polar surface area (TPSA) is 139 Å². The lowest BCUT2D eigenvalue weighted by molar-refractivity contribution is -0.176. The molecule has 0 aromatic heterocycles. The van der Waals surface area contributed by atoms with Gasteiger partial charge in [0.25, 0.3) is 0 Å². The van der Waals surface area contributed by atoms with E-state index in [1.807, 2.05) is 84.9 Å². The van der Waals surface area contributed by atoms with Gasteiger partial charge in [-0.05, 0) is 24.3 Å². The molecular formula is C48H62N4O12. The van der Waals surface area contributed by atoms with Crippen molar-refractivity contribution in [1.29, 1.82) is 0 Å². The normalized spacial score (nSPS) is 15.3. The highest BCUT2D eigenvalue weighted by Gasteiger charge is 2.29. The Morgan fingerprint density at radius 3 is 1.09 bits per heavy atom. The minimum absolute atomic E-state index is 0.0665. The smallest absolute Gasteiger partial charge is 0.417 e. The number of para-hydroxylation sites is 2. The predicted molar refractivity (Wildman–Crippen MR) is 242 cm³/mol. The lowest BCUT2D eigenvalue weighted by Crippen LogP contribution is -2.47. The molecule has 2 aliphatic rings. The van der Waals surface area contributed by atoms with Gasteiger partial charge in [-0.25, -0.2) is 9.59 Å². The fourth-order valence-corrected chi connectivity index (χ4v) is 7.78. The molecule has 2 saturated heterocycles. The Balaban J connectivity index is 1.04. The van der Waals surface area contributed by atoms with Crippen LogP contribution in [0.5, 0.6) is 46.0 Å². The Bertz CT molecular complexity index is 1860. The zero-order valence-corrected chi connectivity index (χ0v) is 37.8. The van der Waals surface area contributed by atoms with Gasteiger partial charge in [0.1, 0.15) is 36.9 Å². The third-order valence-electron chi connectivity index (χ3n) is 11.4. The summed E-state index contributed by atoms with van der Waals surface area (Å²) in [7, 11) is 9.59. The second kappa shape index (κ2) is 24.0. The van der Waals surface area contributed by atoms with E-state index in [-0.39, 0.29) is 13.2 Å². The monoisotopic (exact) mass is 886 g/mol. The van der Waals surface area contributed by atoms with Crippen molar-refractivity contribution in [2.45, 2.75) is 25.0 Å². The molecule has 0 amide bonds. The van der Waals surface area contributed by atoms with Crippen LogP contribution in [0.3, 0.4) is 0 Å². The maximum absolute atomic E-state index is 13.5. The lowest BCUT2D eigenvalue weighted by Gasteiger charge is -2.37. The second-order valence-electron chi connectivity index (χ2n) is 15.3. The van der Waals surface area contributed by atoms with Gasteiger partial charge in [0.05, 0.1) is 42.7 Å². The van der Waals surface area contributed by atoms with Gasteiger partial charge in [0.15, 0.2) is 23.0 Å². The molecule has 0 N–H and O–H groups in total. The van der Waals surface area contributed by atoms with Crippen molar-refractivity contribution in [1.82, 2.24) is 9.80 Å². The van der Waals surface area contributed by atoms with E-state index in [1.54, 1.807) is 42.7 Å². The molecule has 16 heteroatoms. The average molecular weight is 887 g/mol. The van der Waals surface area contributed by atoms with Gasteiger partial charge >= 0.3 is 11.9 Å². The van der Waals surface area contributed by atoms with E-state index in [0.29, 0.717) is 71.9 Å². The largest absolute Gasteiger partial charge is 0.493 e. The third kappa shape index (κ3) is 12.9. The number of hydrogen-bond acceptors (Lipinski definition) is 16. The number of anilines is 2. The van der Waals surface area contributed by atoms with Crippen LogP contribution in [0.1, 0.15) is 12.8 Å². The summed E-state index contributed by atoms with van der Waals surface area (Å²) in [4.78, 5) is 36.1. The number of methoxy groups -OCH3 is 6. The van der Waals surface area contributed by atoms with Crippen LogP contribution >= 0.6 is 0 Å². The van der Waals surface area contributed by atoms with E-state index in [9.17, 15) is 9.59 Å². The molecule has 2 unspecified atom stereocenters. The molecule has 6 rings (SSSR count). The lowest BCUT2D eigenvalue weighted by atomic mass is 10.2. The minimum Gasteiger partial charge on any atom is -0.493 e. The summed E-state index contributed by atoms with van der Waals surface area (Å²) in [6, 6.07) is 26.4. The molecule has 16 nitrogen and oxygen atoms in total. The van der Waals surface area contributed by atoms with Crippen molar-refractivity contribution in [2.75, 3.05) is 131 Å². The number of benzene rings is 4. The predicted octanol–water partition coefficient (Wildman–Crippen LogP) is 5.44. The van der Waals surface area contributed by atoms with Crippen molar-refractivity contribution < 1.29 is 57.0 Å². The van der Waals surface area contributed by atoms with Crippen molar-refractivity contribution in [3.63, 3.8) is 0 Å². The van der Waals surface area contributed by atoms with Crippen LogP contribution in [0.25, 0.3) is 0 Å². The van der Waals surface area contributed by atoms with Crippen LogP contribution in [-0.2, 0) is 19.1 Å². The van der Waals surface area contributed by atoms with Crippen molar-refractivity contribution in [2.24, 2.45) is 0 Å². The number of rotatable bonds is 22. The highest BCUT2D eigenvalue weighted by Crippen LogP contribution is 2.42. The summed E-state index contributed by atoms with van der Waals surface area (Å²) in [5.41, 5.74) is 1.94. The number of hydrogen-bond donors (Lipinski definition) is 0. The van der Waals surface area contributed by atoms with Crippen molar-refractivity contribution in [3.05, 3.63) is 84.9 Å². The van der Waals surface area contributed by atoms with Gasteiger partial charge in [-0.1, -0.05) is 36.4 Å². The zero-order chi connectivity index (χ0) is 45.3. The van der Waals surface area contributed by atoms with Crippen LogP contribution in [0.4, 0.5) is 11.4 Å². The number of esters is 2. The number of piperazine rings is 2. The Morgan fingerprint density at radius 2 is 0.797 bits per heavy atom. The molecule has 2 atom stereocenters. The van der Waals surface area contributed by atoms with Crippen LogP contribution in [0.2, 0.25) is 0 Å². The molecule has 0 aliphatic carbocycles. The molecule has 4 aromatic rings. The van der Waals surface area contributed by atoms with Crippen molar-refractivity contribution >= 4 is 23.3 Å². The summed E-state index contributed by atoms with van der Waals surface area (Å²) in [6.45, 7) is 7.46. The fraction of sp³-hybridized carbons (Fsp3) is 0.458. The highest BCUT2D eigenvalue weighted by atomic mass is 16.6. The minimum atomic E-state index is -1.07. The molecule has 2 heterocycles. The molecular weight excluding hydrogens is 825 g/mol.